The Kier molecular flexibility index (Phi) is 12.7. The first-order chi connectivity index (χ1) is 26.2. The highest BCUT2D eigenvalue weighted by Gasteiger charge is 2.77. The molecule has 3 aromatic rings. The second-order valence-electron chi connectivity index (χ2n) is 14.1. The van der Waals surface area contributed by atoms with Gasteiger partial charge in [0.25, 0.3) is 5.91 Å². The molecule has 3 fully saturated rings. The zero-order chi connectivity index (χ0) is 38.4. The van der Waals surface area contributed by atoms with Crippen molar-refractivity contribution >= 4 is 56.1 Å². The van der Waals surface area contributed by atoms with Gasteiger partial charge in [0.2, 0.25) is 11.8 Å². The summed E-state index contributed by atoms with van der Waals surface area (Å²) in [5, 5.41) is 14.6. The van der Waals surface area contributed by atoms with Crippen LogP contribution in [0.15, 0.2) is 98.1 Å². The predicted molar refractivity (Wildman–Crippen MR) is 209 cm³/mol. The molecule has 3 heterocycles. The van der Waals surface area contributed by atoms with Gasteiger partial charge in [0.05, 0.1) is 30.6 Å². The summed E-state index contributed by atoms with van der Waals surface area (Å²) >= 11 is 3.76. The average Bonchev–Trinajstić information content (AvgIpc) is 3.78. The number of halogens is 1. The topological polar surface area (TPSA) is 135 Å². The number of nitrogens with one attached hydrogen (secondary N) is 1. The minimum atomic E-state index is -1.33. The number of anilines is 1. The number of likely N-dealkylation sites (tertiary alicyclic amines) is 1. The van der Waals surface area contributed by atoms with Crippen LogP contribution in [0.4, 0.5) is 5.69 Å². The lowest BCUT2D eigenvalue weighted by molar-refractivity contribution is -0.163. The van der Waals surface area contributed by atoms with E-state index in [0.29, 0.717) is 36.9 Å². The summed E-state index contributed by atoms with van der Waals surface area (Å²) in [6.45, 7) is 7.97. The summed E-state index contributed by atoms with van der Waals surface area (Å²) < 4.78 is 18.6. The fraction of sp³-hybridized carbons (Fsp3) is 0.429. The molecule has 3 aliphatic heterocycles. The fourth-order valence-electron chi connectivity index (χ4n) is 8.38. The highest BCUT2D eigenvalue weighted by atomic mass is 79.9. The van der Waals surface area contributed by atoms with Crippen molar-refractivity contribution in [2.24, 2.45) is 11.8 Å². The summed E-state index contributed by atoms with van der Waals surface area (Å²) in [5.41, 5.74) is -0.0534. The van der Waals surface area contributed by atoms with E-state index < -0.39 is 47.7 Å². The molecular formula is C42H48BrN3O8. The van der Waals surface area contributed by atoms with Crippen LogP contribution in [0.25, 0.3) is 10.8 Å². The van der Waals surface area contributed by atoms with Crippen molar-refractivity contribution in [3.63, 3.8) is 0 Å². The van der Waals surface area contributed by atoms with E-state index in [0.717, 1.165) is 10.8 Å². The quantitative estimate of drug-likeness (QED) is 0.0771. The number of aliphatic hydroxyl groups excluding tert-OH is 1. The maximum absolute atomic E-state index is 15.0. The number of carbonyl (C=O) groups is 4. The van der Waals surface area contributed by atoms with Gasteiger partial charge in [0.1, 0.15) is 17.7 Å². The summed E-state index contributed by atoms with van der Waals surface area (Å²) in [4.78, 5) is 60.1. The number of hydrogen-bond donors (Lipinski definition) is 2. The molecule has 54 heavy (non-hydrogen) atoms. The van der Waals surface area contributed by atoms with Gasteiger partial charge < -0.3 is 34.4 Å². The van der Waals surface area contributed by atoms with Gasteiger partial charge in [-0.2, -0.15) is 0 Å². The van der Waals surface area contributed by atoms with Crippen LogP contribution in [0.5, 0.6) is 0 Å². The molecule has 0 aliphatic carbocycles. The standard InChI is InChI=1S/C42H48BrN3O8/c1-4-6-18-33(48)44-32(26-52-3)36(28-15-8-7-9-16-28)53-41(51)34-35-39(49)46(22-12-13-23-47)38(42(35)25-31(43)37(34)54-42)40(50)45(21-5-2)30-20-19-27-14-10-11-17-29(27)24-30/h4-5,7-11,14-17,19-20,24,31-32,34-38,47H,1-2,6,12-13,18,21-23,25-26H2,3H3,(H,44,48)/t31?,32-,34-,35+,36-,37-,38-,42+/m1/s1. The highest BCUT2D eigenvalue weighted by molar-refractivity contribution is 9.09. The molecule has 2 bridgehead atoms. The summed E-state index contributed by atoms with van der Waals surface area (Å²) in [7, 11) is 1.50. The molecule has 1 unspecified atom stereocenters. The molecule has 2 N–H and O–H groups in total. The van der Waals surface area contributed by atoms with E-state index >= 15 is 4.79 Å². The van der Waals surface area contributed by atoms with Crippen LogP contribution >= 0.6 is 15.9 Å². The molecule has 286 valence electrons. The fourth-order valence-corrected chi connectivity index (χ4v) is 9.32. The Labute approximate surface area is 324 Å². The van der Waals surface area contributed by atoms with Crippen LogP contribution in [0.3, 0.4) is 0 Å². The minimum Gasteiger partial charge on any atom is -0.455 e. The lowest BCUT2D eigenvalue weighted by atomic mass is 9.70. The Balaban J connectivity index is 1.36. The molecule has 3 aliphatic rings. The molecular weight excluding hydrogens is 754 g/mol. The smallest absolute Gasteiger partial charge is 0.313 e. The van der Waals surface area contributed by atoms with E-state index in [1.807, 2.05) is 72.8 Å². The molecule has 6 rings (SSSR count). The number of fused-ring (bicyclic) bond motifs is 2. The Morgan fingerprint density at radius 1 is 1.07 bits per heavy atom. The number of unbranched alkanes of at least 4 members (excludes halogenated alkanes) is 1. The molecule has 3 aromatic carbocycles. The van der Waals surface area contributed by atoms with Crippen molar-refractivity contribution in [3.05, 3.63) is 104 Å². The Hall–Kier alpha value is -4.36. The van der Waals surface area contributed by atoms with E-state index in [9.17, 15) is 19.5 Å². The van der Waals surface area contributed by atoms with Crippen LogP contribution < -0.4 is 10.2 Å². The molecule has 3 amide bonds. The molecule has 8 atom stereocenters. The van der Waals surface area contributed by atoms with Crippen molar-refractivity contribution in [2.45, 2.75) is 66.8 Å². The number of benzene rings is 3. The monoisotopic (exact) mass is 801 g/mol. The number of rotatable bonds is 18. The molecule has 0 aromatic heterocycles. The van der Waals surface area contributed by atoms with Crippen molar-refractivity contribution < 1.29 is 38.5 Å². The van der Waals surface area contributed by atoms with Crippen molar-refractivity contribution in [1.82, 2.24) is 10.2 Å². The van der Waals surface area contributed by atoms with E-state index in [4.69, 9.17) is 14.2 Å². The number of allylic oxidation sites excluding steroid dienone is 1. The number of hydrogen-bond acceptors (Lipinski definition) is 8. The van der Waals surface area contributed by atoms with Crippen LogP contribution in [0.2, 0.25) is 0 Å². The number of aliphatic hydroxyl groups is 1. The maximum Gasteiger partial charge on any atom is 0.313 e. The van der Waals surface area contributed by atoms with Gasteiger partial charge in [-0.1, -0.05) is 88.7 Å². The number of methoxy groups -OCH3 is 1. The number of carbonyl (C=O) groups excluding carboxylic acids is 4. The Morgan fingerprint density at radius 2 is 1.81 bits per heavy atom. The van der Waals surface area contributed by atoms with Crippen LogP contribution in [0, 0.1) is 11.8 Å². The van der Waals surface area contributed by atoms with Gasteiger partial charge in [-0.15, -0.1) is 13.2 Å². The van der Waals surface area contributed by atoms with E-state index in [1.54, 1.807) is 22.0 Å². The first-order valence-electron chi connectivity index (χ1n) is 18.5. The van der Waals surface area contributed by atoms with Crippen LogP contribution in [-0.4, -0.2) is 95.7 Å². The minimum absolute atomic E-state index is 0.0494. The van der Waals surface area contributed by atoms with Gasteiger partial charge >= 0.3 is 5.97 Å². The van der Waals surface area contributed by atoms with Gasteiger partial charge in [-0.3, -0.25) is 19.2 Å². The molecule has 1 spiro atoms. The Bertz CT molecular complexity index is 1860. The molecule has 3 saturated heterocycles. The third kappa shape index (κ3) is 7.62. The van der Waals surface area contributed by atoms with Crippen LogP contribution in [-0.2, 0) is 33.4 Å². The lowest BCUT2D eigenvalue weighted by Gasteiger charge is -2.37. The largest absolute Gasteiger partial charge is 0.455 e. The number of ether oxygens (including phenoxy) is 3. The first-order valence-corrected chi connectivity index (χ1v) is 19.4. The average molecular weight is 803 g/mol. The summed E-state index contributed by atoms with van der Waals surface area (Å²) in [5.74, 6) is -3.68. The summed E-state index contributed by atoms with van der Waals surface area (Å²) in [6.07, 6.45) is 3.45. The van der Waals surface area contributed by atoms with Crippen molar-refractivity contribution in [3.8, 4) is 0 Å². The first kappa shape index (κ1) is 39.3. The molecule has 11 nitrogen and oxygen atoms in total. The van der Waals surface area contributed by atoms with E-state index in [2.05, 4.69) is 34.4 Å². The zero-order valence-electron chi connectivity index (χ0n) is 30.5. The summed E-state index contributed by atoms with van der Waals surface area (Å²) in [6, 6.07) is 20.9. The predicted octanol–water partition coefficient (Wildman–Crippen LogP) is 5.26. The van der Waals surface area contributed by atoms with Crippen molar-refractivity contribution in [1.29, 1.82) is 0 Å². The van der Waals surface area contributed by atoms with Crippen molar-refractivity contribution in [2.75, 3.05) is 38.3 Å². The third-order valence-corrected chi connectivity index (χ3v) is 11.6. The molecule has 0 saturated carbocycles. The maximum atomic E-state index is 15.0. The third-order valence-electron chi connectivity index (χ3n) is 10.7. The molecule has 12 heteroatoms. The second kappa shape index (κ2) is 17.4. The van der Waals surface area contributed by atoms with Crippen LogP contribution in [0.1, 0.15) is 43.8 Å². The number of nitrogens with zero attached hydrogens (tertiary/aromatic N) is 2. The number of alkyl halides is 1. The SMILES string of the molecule is C=CCCC(=O)N[C@H](COC)[C@H](OC(=O)[C@H]1[C@@H]2O[C@@]3(CC2Br)[C@@H]1C(=O)N(CCCCO)[C@@H]3C(=O)N(CC=C)c1ccc2ccccc2c1)c1ccccc1. The van der Waals surface area contributed by atoms with Gasteiger partial charge in [-0.05, 0) is 54.2 Å². The molecule has 0 radical (unpaired) electrons. The highest BCUT2D eigenvalue weighted by Crippen LogP contribution is 2.60. The van der Waals surface area contributed by atoms with Gasteiger partial charge in [0, 0.05) is 43.7 Å². The number of esters is 1. The zero-order valence-corrected chi connectivity index (χ0v) is 32.1. The van der Waals surface area contributed by atoms with E-state index in [1.165, 1.54) is 7.11 Å². The normalized spacial score (nSPS) is 25.2. The second-order valence-corrected chi connectivity index (χ2v) is 15.3. The number of amides is 3. The van der Waals surface area contributed by atoms with Gasteiger partial charge in [-0.25, -0.2) is 0 Å². The van der Waals surface area contributed by atoms with Gasteiger partial charge in [0.15, 0.2) is 0 Å². The van der Waals surface area contributed by atoms with E-state index in [-0.39, 0.29) is 55.3 Å². The lowest BCUT2D eigenvalue weighted by Crippen LogP contribution is -2.57. The Morgan fingerprint density at radius 3 is 2.52 bits per heavy atom.